The van der Waals surface area contributed by atoms with Crippen molar-refractivity contribution in [2.24, 2.45) is 0 Å². The molecule has 1 aliphatic heterocycles. The lowest BCUT2D eigenvalue weighted by Crippen LogP contribution is -2.41. The van der Waals surface area contributed by atoms with Gasteiger partial charge < -0.3 is 10.7 Å². The molecule has 0 spiro atoms. The summed E-state index contributed by atoms with van der Waals surface area (Å²) in [6.45, 7) is 4.21. The van der Waals surface area contributed by atoms with Crippen LogP contribution in [0.4, 0.5) is 10.1 Å². The lowest BCUT2D eigenvalue weighted by Gasteiger charge is -2.33. The minimum absolute atomic E-state index is 0.171. The average molecular weight is 426 g/mol. The summed E-state index contributed by atoms with van der Waals surface area (Å²) in [6, 6.07) is 13.8. The molecule has 0 saturated carbocycles. The molecule has 1 amide bonds. The van der Waals surface area contributed by atoms with Gasteiger partial charge in [-0.1, -0.05) is 49.9 Å². The van der Waals surface area contributed by atoms with E-state index >= 15 is 0 Å². The Morgan fingerprint density at radius 2 is 1.87 bits per heavy atom. The minimum atomic E-state index is -0.464. The van der Waals surface area contributed by atoms with Gasteiger partial charge in [0.1, 0.15) is 11.1 Å². The fourth-order valence-corrected chi connectivity index (χ4v) is 4.54. The Hall–Kier alpha value is -2.87. The number of aryl methyl sites for hydroxylation is 2. The van der Waals surface area contributed by atoms with Crippen LogP contribution in [-0.2, 0) is 17.6 Å². The highest BCUT2D eigenvalue weighted by Gasteiger charge is 2.37. The molecule has 8 heteroatoms. The summed E-state index contributed by atoms with van der Waals surface area (Å²) >= 11 is 1.39. The molecule has 0 saturated heterocycles. The molecule has 1 aromatic heterocycles. The van der Waals surface area contributed by atoms with Crippen molar-refractivity contribution in [3.63, 3.8) is 0 Å². The third kappa shape index (κ3) is 4.18. The summed E-state index contributed by atoms with van der Waals surface area (Å²) in [5.41, 5.74) is 6.27. The summed E-state index contributed by atoms with van der Waals surface area (Å²) in [7, 11) is 0. The Morgan fingerprint density at radius 3 is 2.53 bits per heavy atom. The van der Waals surface area contributed by atoms with E-state index in [9.17, 15) is 9.18 Å². The van der Waals surface area contributed by atoms with E-state index in [0.717, 1.165) is 30.7 Å². The van der Waals surface area contributed by atoms with Crippen molar-refractivity contribution in [3.05, 3.63) is 71.3 Å². The van der Waals surface area contributed by atoms with Crippen LogP contribution in [0.2, 0.25) is 0 Å². The van der Waals surface area contributed by atoms with Gasteiger partial charge in [0.05, 0.1) is 6.04 Å². The highest BCUT2D eigenvalue weighted by molar-refractivity contribution is 8.00. The molecule has 0 unspecified atom stereocenters. The van der Waals surface area contributed by atoms with E-state index in [1.54, 1.807) is 12.1 Å². The number of rotatable bonds is 6. The molecule has 30 heavy (non-hydrogen) atoms. The highest BCUT2D eigenvalue weighted by Crippen LogP contribution is 2.37. The summed E-state index contributed by atoms with van der Waals surface area (Å²) in [5, 5.41) is 11.7. The molecule has 2 N–H and O–H groups in total. The number of halogens is 1. The first-order chi connectivity index (χ1) is 14.6. The van der Waals surface area contributed by atoms with Gasteiger partial charge in [0.25, 0.3) is 0 Å². The largest absolute Gasteiger partial charge is 0.325 e. The number of aromatic nitrogens is 3. The maximum Gasteiger partial charge on any atom is 0.240 e. The molecule has 2 aromatic carbocycles. The van der Waals surface area contributed by atoms with Gasteiger partial charge in [-0.2, -0.15) is 0 Å². The molecule has 3 aromatic rings. The lowest BCUT2D eigenvalue weighted by atomic mass is 10.0. The predicted octanol–water partition coefficient (Wildman–Crippen LogP) is 4.33. The van der Waals surface area contributed by atoms with Gasteiger partial charge in [-0.3, -0.25) is 4.79 Å². The fraction of sp³-hybridized carbons (Fsp3) is 0.318. The van der Waals surface area contributed by atoms with Crippen LogP contribution in [0.15, 0.2) is 53.7 Å². The van der Waals surface area contributed by atoms with Crippen molar-refractivity contribution in [2.75, 3.05) is 10.7 Å². The first kappa shape index (κ1) is 20.4. The van der Waals surface area contributed by atoms with Crippen molar-refractivity contribution < 1.29 is 9.18 Å². The quantitative estimate of drug-likeness (QED) is 0.615. The minimum Gasteiger partial charge on any atom is -0.325 e. The first-order valence-corrected chi connectivity index (χ1v) is 11.0. The van der Waals surface area contributed by atoms with E-state index in [1.807, 2.05) is 4.68 Å². The normalized spacial score (nSPS) is 17.8. The number of anilines is 1. The molecule has 2 heterocycles. The third-order valence-corrected chi connectivity index (χ3v) is 6.31. The molecular weight excluding hydrogens is 401 g/mol. The van der Waals surface area contributed by atoms with Gasteiger partial charge in [-0.25, -0.2) is 9.07 Å². The monoisotopic (exact) mass is 425 g/mol. The second-order valence-electron chi connectivity index (χ2n) is 7.22. The van der Waals surface area contributed by atoms with Gasteiger partial charge in [0.15, 0.2) is 5.82 Å². The zero-order valence-electron chi connectivity index (χ0n) is 16.9. The third-order valence-electron chi connectivity index (χ3n) is 5.09. The summed E-state index contributed by atoms with van der Waals surface area (Å²) in [6.07, 6.45) is 2.71. The molecule has 156 valence electrons. The van der Waals surface area contributed by atoms with Crippen LogP contribution >= 0.6 is 11.8 Å². The van der Waals surface area contributed by atoms with Gasteiger partial charge in [0, 0.05) is 12.1 Å². The van der Waals surface area contributed by atoms with Gasteiger partial charge in [-0.05, 0) is 48.2 Å². The van der Waals surface area contributed by atoms with E-state index < -0.39 is 5.25 Å². The van der Waals surface area contributed by atoms with Crippen molar-refractivity contribution in [3.8, 4) is 0 Å². The molecule has 0 radical (unpaired) electrons. The van der Waals surface area contributed by atoms with E-state index in [4.69, 9.17) is 0 Å². The van der Waals surface area contributed by atoms with Crippen LogP contribution in [-0.4, -0.2) is 26.0 Å². The molecule has 0 aliphatic carbocycles. The van der Waals surface area contributed by atoms with Crippen LogP contribution in [0.1, 0.15) is 43.3 Å². The smallest absolute Gasteiger partial charge is 0.240 e. The van der Waals surface area contributed by atoms with Crippen molar-refractivity contribution in [2.45, 2.75) is 49.6 Å². The molecule has 1 aliphatic rings. The van der Waals surface area contributed by atoms with Crippen molar-refractivity contribution in [1.29, 1.82) is 0 Å². The molecule has 6 nitrogen and oxygen atoms in total. The van der Waals surface area contributed by atoms with Crippen LogP contribution < -0.4 is 10.7 Å². The van der Waals surface area contributed by atoms with Crippen LogP contribution in [0.5, 0.6) is 0 Å². The second-order valence-corrected chi connectivity index (χ2v) is 8.33. The van der Waals surface area contributed by atoms with Gasteiger partial charge in [-0.15, -0.1) is 10.2 Å². The fourth-order valence-electron chi connectivity index (χ4n) is 3.44. The number of nitrogens with one attached hydrogen (secondary N) is 2. The number of carbonyl (C=O) groups excluding carboxylic acids is 1. The Labute approximate surface area is 179 Å². The lowest BCUT2D eigenvalue weighted by molar-refractivity contribution is -0.116. The van der Waals surface area contributed by atoms with E-state index in [0.29, 0.717) is 10.8 Å². The topological polar surface area (TPSA) is 71.8 Å². The molecule has 0 bridgehead atoms. The predicted molar refractivity (Wildman–Crippen MR) is 117 cm³/mol. The zero-order valence-corrected chi connectivity index (χ0v) is 17.7. The Balaban J connectivity index is 1.65. The van der Waals surface area contributed by atoms with E-state index in [2.05, 4.69) is 59.1 Å². The molecule has 0 fully saturated rings. The number of amides is 1. The number of carbonyl (C=O) groups is 1. The average Bonchev–Trinajstić information content (AvgIpc) is 3.16. The maximum absolute atomic E-state index is 13.2. The summed E-state index contributed by atoms with van der Waals surface area (Å²) in [5.74, 6) is 0.342. The summed E-state index contributed by atoms with van der Waals surface area (Å²) < 4.78 is 15.1. The molecule has 4 rings (SSSR count). The number of benzene rings is 2. The Kier molecular flexibility index (Phi) is 6.03. The SMILES string of the molecule is CCCc1nnc2n1N[C@H](c1ccc(CC)cc1)[C@@H](C(=O)Nc1ccc(F)cc1)S2. The molecule has 2 atom stereocenters. The van der Waals surface area contributed by atoms with Crippen LogP contribution in [0.25, 0.3) is 0 Å². The standard InChI is InChI=1S/C22H24FN5OS/c1-3-5-18-25-26-22-28(18)27-19(15-8-6-14(4-2)7-9-15)20(30-22)21(29)24-17-12-10-16(23)11-13-17/h6-13,19-20,27H,3-5H2,1-2H3,(H,24,29)/t19-,20+/m1/s1. The number of fused-ring (bicyclic) bond motifs is 1. The van der Waals surface area contributed by atoms with Crippen LogP contribution in [0.3, 0.4) is 0 Å². The number of hydrogen-bond acceptors (Lipinski definition) is 5. The van der Waals surface area contributed by atoms with Crippen molar-refractivity contribution in [1.82, 2.24) is 14.9 Å². The number of hydrogen-bond donors (Lipinski definition) is 2. The highest BCUT2D eigenvalue weighted by atomic mass is 32.2. The zero-order chi connectivity index (χ0) is 21.1. The first-order valence-electron chi connectivity index (χ1n) is 10.1. The maximum atomic E-state index is 13.2. The van der Waals surface area contributed by atoms with Gasteiger partial charge >= 0.3 is 0 Å². The van der Waals surface area contributed by atoms with Gasteiger partial charge in [0.2, 0.25) is 11.1 Å². The number of nitrogens with zero attached hydrogens (tertiary/aromatic N) is 3. The Morgan fingerprint density at radius 1 is 1.13 bits per heavy atom. The number of thioether (sulfide) groups is 1. The second kappa shape index (κ2) is 8.87. The summed E-state index contributed by atoms with van der Waals surface area (Å²) in [4.78, 5) is 13.2. The van der Waals surface area contributed by atoms with E-state index in [1.165, 1.54) is 29.5 Å². The molecular formula is C22H24FN5OS. The van der Waals surface area contributed by atoms with Crippen LogP contribution in [0, 0.1) is 5.82 Å². The van der Waals surface area contributed by atoms with Crippen molar-refractivity contribution >= 4 is 23.4 Å². The van der Waals surface area contributed by atoms with E-state index in [-0.39, 0.29) is 17.8 Å². The Bertz CT molecular complexity index is 1020.